The number of amides is 3. The fraction of sp³-hybridized carbons (Fsp3) is 0.421. The zero-order chi connectivity index (χ0) is 20.5. The predicted molar refractivity (Wildman–Crippen MR) is 112 cm³/mol. The van der Waals surface area contributed by atoms with Gasteiger partial charge in [0, 0.05) is 23.6 Å². The smallest absolute Gasteiger partial charge is 0.322 e. The molecule has 0 spiro atoms. The highest BCUT2D eigenvalue weighted by molar-refractivity contribution is 9.10. The molecule has 1 aromatic heterocycles. The van der Waals surface area contributed by atoms with Crippen molar-refractivity contribution in [2.24, 2.45) is 0 Å². The van der Waals surface area contributed by atoms with Gasteiger partial charge >= 0.3 is 6.03 Å². The maximum Gasteiger partial charge on any atom is 0.322 e. The number of para-hydroxylation sites is 1. The SMILES string of the molecule is CCN(CC)CCN(CC(=O)Nc1cc(C)on1)C(=O)Nc1ccccc1Br. The summed E-state index contributed by atoms with van der Waals surface area (Å²) in [5, 5.41) is 9.25. The Balaban J connectivity index is 2.05. The number of hydrogen-bond donors (Lipinski definition) is 2. The highest BCUT2D eigenvalue weighted by Gasteiger charge is 2.19. The molecule has 0 radical (unpaired) electrons. The summed E-state index contributed by atoms with van der Waals surface area (Å²) in [5.41, 5.74) is 0.646. The molecule has 0 atom stereocenters. The Bertz CT molecular complexity index is 791. The monoisotopic (exact) mass is 451 g/mol. The van der Waals surface area contributed by atoms with E-state index in [1.165, 1.54) is 4.90 Å². The van der Waals surface area contributed by atoms with E-state index in [-0.39, 0.29) is 18.5 Å². The van der Waals surface area contributed by atoms with Crippen LogP contribution in [-0.4, -0.2) is 59.6 Å². The molecule has 0 saturated carbocycles. The predicted octanol–water partition coefficient (Wildman–Crippen LogP) is 3.56. The molecule has 0 bridgehead atoms. The number of halogens is 1. The standard InChI is InChI=1S/C19H26BrN5O3/c1-4-24(5-2)10-11-25(13-18(26)22-17-12-14(3)28-23-17)19(27)21-16-9-7-6-8-15(16)20/h6-9,12H,4-5,10-11,13H2,1-3H3,(H,21,27)(H,22,23,26). The van der Waals surface area contributed by atoms with Crippen molar-refractivity contribution in [2.45, 2.75) is 20.8 Å². The van der Waals surface area contributed by atoms with E-state index in [2.05, 4.69) is 50.5 Å². The molecule has 28 heavy (non-hydrogen) atoms. The topological polar surface area (TPSA) is 90.7 Å². The van der Waals surface area contributed by atoms with E-state index in [4.69, 9.17) is 4.52 Å². The van der Waals surface area contributed by atoms with Crippen LogP contribution < -0.4 is 10.6 Å². The van der Waals surface area contributed by atoms with Gasteiger partial charge in [0.2, 0.25) is 5.91 Å². The van der Waals surface area contributed by atoms with Gasteiger partial charge in [0.15, 0.2) is 5.82 Å². The number of anilines is 2. The Morgan fingerprint density at radius 3 is 2.46 bits per heavy atom. The molecule has 3 amide bonds. The summed E-state index contributed by atoms with van der Waals surface area (Å²) in [7, 11) is 0. The minimum Gasteiger partial charge on any atom is -0.360 e. The number of carbonyl (C=O) groups excluding carboxylic acids is 2. The lowest BCUT2D eigenvalue weighted by atomic mass is 10.3. The lowest BCUT2D eigenvalue weighted by Gasteiger charge is -2.26. The van der Waals surface area contributed by atoms with Crippen LogP contribution in [-0.2, 0) is 4.79 Å². The molecule has 0 saturated heterocycles. The van der Waals surface area contributed by atoms with Gasteiger partial charge in [-0.3, -0.25) is 4.79 Å². The van der Waals surface area contributed by atoms with E-state index in [0.717, 1.165) is 17.6 Å². The van der Waals surface area contributed by atoms with Crippen molar-refractivity contribution < 1.29 is 14.1 Å². The van der Waals surface area contributed by atoms with Gasteiger partial charge < -0.3 is 25.0 Å². The fourth-order valence-corrected chi connectivity index (χ4v) is 2.98. The van der Waals surface area contributed by atoms with Crippen molar-refractivity contribution in [3.05, 3.63) is 40.6 Å². The number of nitrogens with zero attached hydrogens (tertiary/aromatic N) is 3. The summed E-state index contributed by atoms with van der Waals surface area (Å²) in [4.78, 5) is 28.9. The van der Waals surface area contributed by atoms with E-state index in [9.17, 15) is 9.59 Å². The third kappa shape index (κ3) is 6.65. The van der Waals surface area contributed by atoms with Crippen LogP contribution in [0.1, 0.15) is 19.6 Å². The van der Waals surface area contributed by atoms with Gasteiger partial charge in [-0.25, -0.2) is 4.79 Å². The first kappa shape index (κ1) is 21.9. The summed E-state index contributed by atoms with van der Waals surface area (Å²) in [6.45, 7) is 8.62. The van der Waals surface area contributed by atoms with Gasteiger partial charge in [0.05, 0.1) is 5.69 Å². The van der Waals surface area contributed by atoms with Crippen LogP contribution in [0.15, 0.2) is 39.3 Å². The number of benzene rings is 1. The third-order valence-corrected chi connectivity index (χ3v) is 4.90. The van der Waals surface area contributed by atoms with E-state index in [0.29, 0.717) is 30.4 Å². The molecule has 0 fully saturated rings. The van der Waals surface area contributed by atoms with Crippen LogP contribution in [0.3, 0.4) is 0 Å². The van der Waals surface area contributed by atoms with Crippen LogP contribution in [0.25, 0.3) is 0 Å². The van der Waals surface area contributed by atoms with Crippen LogP contribution >= 0.6 is 15.9 Å². The molecule has 9 heteroatoms. The minimum atomic E-state index is -0.342. The Hall–Kier alpha value is -2.39. The summed E-state index contributed by atoms with van der Waals surface area (Å²) >= 11 is 3.42. The van der Waals surface area contributed by atoms with Gasteiger partial charge in [0.25, 0.3) is 0 Å². The normalized spacial score (nSPS) is 10.8. The molecule has 0 aliphatic heterocycles. The molecule has 8 nitrogen and oxygen atoms in total. The average molecular weight is 452 g/mol. The van der Waals surface area contributed by atoms with E-state index in [1.54, 1.807) is 19.1 Å². The largest absolute Gasteiger partial charge is 0.360 e. The van der Waals surface area contributed by atoms with Crippen LogP contribution in [0.2, 0.25) is 0 Å². The summed E-state index contributed by atoms with van der Waals surface area (Å²) in [5.74, 6) is 0.591. The van der Waals surface area contributed by atoms with Gasteiger partial charge in [-0.05, 0) is 48.1 Å². The molecular formula is C19H26BrN5O3. The fourth-order valence-electron chi connectivity index (χ4n) is 2.59. The Morgan fingerprint density at radius 1 is 1.14 bits per heavy atom. The average Bonchev–Trinajstić information content (AvgIpc) is 3.07. The molecule has 1 aromatic carbocycles. The lowest BCUT2D eigenvalue weighted by molar-refractivity contribution is -0.116. The van der Waals surface area contributed by atoms with E-state index in [1.807, 2.05) is 18.2 Å². The van der Waals surface area contributed by atoms with Gasteiger partial charge in [0.1, 0.15) is 12.3 Å². The first-order valence-electron chi connectivity index (χ1n) is 9.18. The number of rotatable bonds is 9. The van der Waals surface area contributed by atoms with Crippen molar-refractivity contribution in [1.29, 1.82) is 0 Å². The van der Waals surface area contributed by atoms with Crippen molar-refractivity contribution >= 4 is 39.4 Å². The first-order chi connectivity index (χ1) is 13.4. The van der Waals surface area contributed by atoms with Crippen molar-refractivity contribution in [3.8, 4) is 0 Å². The second kappa shape index (κ2) is 10.8. The molecule has 2 aromatic rings. The Kier molecular flexibility index (Phi) is 8.46. The molecule has 0 unspecified atom stereocenters. The number of hydrogen-bond acceptors (Lipinski definition) is 5. The molecular weight excluding hydrogens is 426 g/mol. The molecule has 0 aliphatic carbocycles. The summed E-state index contributed by atoms with van der Waals surface area (Å²) < 4.78 is 5.72. The number of likely N-dealkylation sites (N-methyl/N-ethyl adjacent to an activating group) is 1. The highest BCUT2D eigenvalue weighted by Crippen LogP contribution is 2.21. The lowest BCUT2D eigenvalue weighted by Crippen LogP contribution is -2.44. The molecule has 152 valence electrons. The molecule has 2 rings (SSSR count). The number of nitrogens with one attached hydrogen (secondary N) is 2. The quantitative estimate of drug-likeness (QED) is 0.607. The van der Waals surface area contributed by atoms with Gasteiger partial charge in [-0.2, -0.15) is 0 Å². The summed E-state index contributed by atoms with van der Waals surface area (Å²) in [6, 6.07) is 8.62. The van der Waals surface area contributed by atoms with Crippen LogP contribution in [0.5, 0.6) is 0 Å². The number of aryl methyl sites for hydroxylation is 1. The highest BCUT2D eigenvalue weighted by atomic mass is 79.9. The summed E-state index contributed by atoms with van der Waals surface area (Å²) in [6.07, 6.45) is 0. The van der Waals surface area contributed by atoms with Crippen molar-refractivity contribution in [3.63, 3.8) is 0 Å². The van der Waals surface area contributed by atoms with E-state index < -0.39 is 0 Å². The molecule has 2 N–H and O–H groups in total. The first-order valence-corrected chi connectivity index (χ1v) is 9.98. The van der Waals surface area contributed by atoms with Crippen molar-refractivity contribution in [1.82, 2.24) is 15.0 Å². The maximum atomic E-state index is 12.8. The van der Waals surface area contributed by atoms with Gasteiger partial charge in [-0.15, -0.1) is 0 Å². The maximum absolute atomic E-state index is 12.8. The van der Waals surface area contributed by atoms with Crippen LogP contribution in [0, 0.1) is 6.92 Å². The third-order valence-electron chi connectivity index (χ3n) is 4.21. The van der Waals surface area contributed by atoms with Gasteiger partial charge in [-0.1, -0.05) is 31.1 Å². The van der Waals surface area contributed by atoms with Crippen molar-refractivity contribution in [2.75, 3.05) is 43.4 Å². The zero-order valence-corrected chi connectivity index (χ0v) is 18.0. The second-order valence-corrected chi connectivity index (χ2v) is 7.08. The number of urea groups is 1. The Labute approximate surface area is 173 Å². The number of aromatic nitrogens is 1. The molecule has 0 aliphatic rings. The van der Waals surface area contributed by atoms with Crippen LogP contribution in [0.4, 0.5) is 16.3 Å². The number of carbonyl (C=O) groups is 2. The minimum absolute atomic E-state index is 0.0938. The second-order valence-electron chi connectivity index (χ2n) is 6.23. The Morgan fingerprint density at radius 2 is 1.86 bits per heavy atom. The van der Waals surface area contributed by atoms with E-state index >= 15 is 0 Å². The zero-order valence-electron chi connectivity index (χ0n) is 16.4. The molecule has 1 heterocycles.